The van der Waals surface area contributed by atoms with E-state index in [1.165, 1.54) is 7.11 Å². The van der Waals surface area contributed by atoms with Gasteiger partial charge in [-0.15, -0.1) is 0 Å². The number of benzene rings is 1. The van der Waals surface area contributed by atoms with Crippen molar-refractivity contribution < 1.29 is 14.3 Å². The third kappa shape index (κ3) is 2.96. The fraction of sp³-hybridized carbons (Fsp3) is 0.214. The Morgan fingerprint density at radius 3 is 2.75 bits per heavy atom. The zero-order valence-corrected chi connectivity index (χ0v) is 12.8. The zero-order chi connectivity index (χ0) is 14.7. The minimum atomic E-state index is -0.416. The Morgan fingerprint density at radius 1 is 1.35 bits per heavy atom. The average Bonchev–Trinajstić information content (AvgIpc) is 2.81. The summed E-state index contributed by atoms with van der Waals surface area (Å²) in [6.07, 6.45) is 1.71. The largest absolute Gasteiger partial charge is 0.497 e. The lowest BCUT2D eigenvalue weighted by atomic mass is 10.2. The molecule has 106 valence electrons. The number of anilines is 1. The van der Waals surface area contributed by atoms with Gasteiger partial charge in [-0.1, -0.05) is 15.9 Å². The van der Waals surface area contributed by atoms with E-state index in [2.05, 4.69) is 15.9 Å². The first-order valence-corrected chi connectivity index (χ1v) is 6.71. The zero-order valence-electron chi connectivity index (χ0n) is 11.2. The number of ether oxygens (including phenoxy) is 2. The highest BCUT2D eigenvalue weighted by atomic mass is 79.9. The van der Waals surface area contributed by atoms with Crippen LogP contribution in [-0.4, -0.2) is 24.8 Å². The van der Waals surface area contributed by atoms with Gasteiger partial charge in [0.2, 0.25) is 0 Å². The van der Waals surface area contributed by atoms with Crippen LogP contribution in [0.1, 0.15) is 16.1 Å². The van der Waals surface area contributed by atoms with Crippen LogP contribution in [0.25, 0.3) is 0 Å². The minimum absolute atomic E-state index is 0.416. The number of methoxy groups -OCH3 is 2. The molecule has 2 aromatic rings. The Balaban J connectivity index is 2.37. The van der Waals surface area contributed by atoms with Crippen LogP contribution < -0.4 is 10.5 Å². The molecule has 0 aliphatic carbocycles. The second kappa shape index (κ2) is 6.00. The van der Waals surface area contributed by atoms with E-state index in [1.807, 2.05) is 18.2 Å². The number of carbonyl (C=O) groups excluding carboxylic acids is 1. The summed E-state index contributed by atoms with van der Waals surface area (Å²) in [4.78, 5) is 11.7. The summed E-state index contributed by atoms with van der Waals surface area (Å²) in [5, 5.41) is 0. The molecule has 0 amide bonds. The third-order valence-electron chi connectivity index (χ3n) is 2.91. The molecule has 2 N–H and O–H groups in total. The molecule has 0 aliphatic heterocycles. The van der Waals surface area contributed by atoms with Crippen LogP contribution in [0, 0.1) is 0 Å². The molecule has 0 bridgehead atoms. The molecule has 0 atom stereocenters. The lowest BCUT2D eigenvalue weighted by molar-refractivity contribution is 0.0589. The number of carbonyl (C=O) groups is 1. The number of hydrogen-bond donors (Lipinski definition) is 1. The molecule has 1 heterocycles. The Hall–Kier alpha value is -1.95. The fourth-order valence-electron chi connectivity index (χ4n) is 1.92. The normalized spacial score (nSPS) is 10.3. The van der Waals surface area contributed by atoms with E-state index < -0.39 is 5.97 Å². The van der Waals surface area contributed by atoms with Gasteiger partial charge >= 0.3 is 5.97 Å². The predicted molar refractivity (Wildman–Crippen MR) is 80.0 cm³/mol. The van der Waals surface area contributed by atoms with Crippen molar-refractivity contribution in [3.8, 4) is 5.75 Å². The number of nitrogens with zero attached hydrogens (tertiary/aromatic N) is 1. The van der Waals surface area contributed by atoms with E-state index in [0.29, 0.717) is 17.9 Å². The smallest absolute Gasteiger partial charge is 0.354 e. The van der Waals surface area contributed by atoms with Crippen LogP contribution >= 0.6 is 15.9 Å². The van der Waals surface area contributed by atoms with Crippen LogP contribution in [-0.2, 0) is 11.3 Å². The second-order valence-electron chi connectivity index (χ2n) is 4.24. The van der Waals surface area contributed by atoms with Crippen molar-refractivity contribution >= 4 is 27.6 Å². The van der Waals surface area contributed by atoms with Gasteiger partial charge in [0, 0.05) is 17.2 Å². The van der Waals surface area contributed by atoms with Gasteiger partial charge in [0.1, 0.15) is 11.4 Å². The first-order valence-electron chi connectivity index (χ1n) is 5.91. The Bertz CT molecular complexity index is 637. The monoisotopic (exact) mass is 338 g/mol. The van der Waals surface area contributed by atoms with Crippen molar-refractivity contribution in [2.45, 2.75) is 6.54 Å². The second-order valence-corrected chi connectivity index (χ2v) is 5.09. The van der Waals surface area contributed by atoms with Gasteiger partial charge in [-0.3, -0.25) is 0 Å². The standard InChI is InChI=1S/C14H15BrN2O3/c1-19-11-3-4-12(15)9(5-11)7-17-8-10(16)6-13(17)14(18)20-2/h3-6,8H,7,16H2,1-2H3. The van der Waals surface area contributed by atoms with Crippen molar-refractivity contribution in [1.82, 2.24) is 4.57 Å². The fourth-order valence-corrected chi connectivity index (χ4v) is 2.29. The van der Waals surface area contributed by atoms with Crippen molar-refractivity contribution in [3.05, 3.63) is 46.2 Å². The summed E-state index contributed by atoms with van der Waals surface area (Å²) in [7, 11) is 2.96. The molecule has 5 nitrogen and oxygen atoms in total. The quantitative estimate of drug-likeness (QED) is 0.870. The Kier molecular flexibility index (Phi) is 4.34. The molecule has 0 aliphatic rings. The molecule has 0 fully saturated rings. The number of hydrogen-bond acceptors (Lipinski definition) is 4. The van der Waals surface area contributed by atoms with E-state index in [-0.39, 0.29) is 0 Å². The van der Waals surface area contributed by atoms with Gasteiger partial charge in [0.05, 0.1) is 19.9 Å². The number of nitrogen functional groups attached to an aromatic ring is 1. The summed E-state index contributed by atoms with van der Waals surface area (Å²) in [5.41, 5.74) is 7.67. The van der Waals surface area contributed by atoms with Crippen LogP contribution in [0.2, 0.25) is 0 Å². The van der Waals surface area contributed by atoms with Gasteiger partial charge in [-0.2, -0.15) is 0 Å². The van der Waals surface area contributed by atoms with Crippen molar-refractivity contribution in [1.29, 1.82) is 0 Å². The Labute approximate surface area is 125 Å². The first kappa shape index (κ1) is 14.5. The maximum Gasteiger partial charge on any atom is 0.354 e. The summed E-state index contributed by atoms with van der Waals surface area (Å²) in [5.74, 6) is 0.337. The van der Waals surface area contributed by atoms with Crippen LogP contribution in [0.5, 0.6) is 5.75 Å². The molecular weight excluding hydrogens is 324 g/mol. The van der Waals surface area contributed by atoms with E-state index in [0.717, 1.165) is 15.8 Å². The number of nitrogens with two attached hydrogens (primary N) is 1. The summed E-state index contributed by atoms with van der Waals surface area (Å²) in [6.45, 7) is 0.486. The number of esters is 1. The molecule has 0 radical (unpaired) electrons. The van der Waals surface area contributed by atoms with Crippen molar-refractivity contribution in [3.63, 3.8) is 0 Å². The van der Waals surface area contributed by atoms with Gasteiger partial charge in [-0.05, 0) is 29.8 Å². The SMILES string of the molecule is COC(=O)c1cc(N)cn1Cc1cc(OC)ccc1Br. The number of aromatic nitrogens is 1. The van der Waals surface area contributed by atoms with Crippen LogP contribution in [0.3, 0.4) is 0 Å². The molecule has 1 aromatic heterocycles. The maximum atomic E-state index is 11.7. The highest BCUT2D eigenvalue weighted by Crippen LogP contribution is 2.24. The predicted octanol–water partition coefficient (Wildman–Crippen LogP) is 2.68. The van der Waals surface area contributed by atoms with E-state index in [1.54, 1.807) is 23.9 Å². The summed E-state index contributed by atoms with van der Waals surface area (Å²) in [6, 6.07) is 7.26. The number of halogens is 1. The van der Waals surface area contributed by atoms with Crippen LogP contribution in [0.4, 0.5) is 5.69 Å². The summed E-state index contributed by atoms with van der Waals surface area (Å²) >= 11 is 3.49. The lowest BCUT2D eigenvalue weighted by Gasteiger charge is -2.10. The van der Waals surface area contributed by atoms with Gasteiger partial charge in [0.25, 0.3) is 0 Å². The lowest BCUT2D eigenvalue weighted by Crippen LogP contribution is -2.11. The highest BCUT2D eigenvalue weighted by Gasteiger charge is 2.14. The van der Waals surface area contributed by atoms with E-state index in [9.17, 15) is 4.79 Å². The number of rotatable bonds is 4. The summed E-state index contributed by atoms with van der Waals surface area (Å²) < 4.78 is 12.6. The molecule has 20 heavy (non-hydrogen) atoms. The molecule has 1 aromatic carbocycles. The van der Waals surface area contributed by atoms with Gasteiger partial charge in [0.15, 0.2) is 0 Å². The third-order valence-corrected chi connectivity index (χ3v) is 3.68. The maximum absolute atomic E-state index is 11.7. The minimum Gasteiger partial charge on any atom is -0.497 e. The average molecular weight is 339 g/mol. The van der Waals surface area contributed by atoms with E-state index in [4.69, 9.17) is 15.2 Å². The first-order chi connectivity index (χ1) is 9.55. The molecule has 6 heteroatoms. The topological polar surface area (TPSA) is 66.5 Å². The van der Waals surface area contributed by atoms with Gasteiger partial charge < -0.3 is 19.8 Å². The molecular formula is C14H15BrN2O3. The molecule has 0 saturated carbocycles. The molecule has 2 rings (SSSR count). The van der Waals surface area contributed by atoms with E-state index >= 15 is 0 Å². The molecule has 0 unspecified atom stereocenters. The Morgan fingerprint density at radius 2 is 2.10 bits per heavy atom. The van der Waals surface area contributed by atoms with Crippen molar-refractivity contribution in [2.75, 3.05) is 20.0 Å². The molecule has 0 spiro atoms. The van der Waals surface area contributed by atoms with Crippen LogP contribution in [0.15, 0.2) is 34.9 Å². The highest BCUT2D eigenvalue weighted by molar-refractivity contribution is 9.10. The van der Waals surface area contributed by atoms with Gasteiger partial charge in [-0.25, -0.2) is 4.79 Å². The van der Waals surface area contributed by atoms with Crippen molar-refractivity contribution in [2.24, 2.45) is 0 Å². The molecule has 0 saturated heterocycles.